The molecule has 0 fully saturated rings. The van der Waals surface area contributed by atoms with Gasteiger partial charge in [0.15, 0.2) is 0 Å². The first-order chi connectivity index (χ1) is 9.11. The third kappa shape index (κ3) is 6.57. The van der Waals surface area contributed by atoms with Gasteiger partial charge in [-0.2, -0.15) is 0 Å². The fourth-order valence-electron chi connectivity index (χ4n) is 1.52. The molecule has 1 aromatic rings. The molecule has 0 aromatic heterocycles. The quantitative estimate of drug-likeness (QED) is 0.581. The second kappa shape index (κ2) is 8.26. The predicted molar refractivity (Wildman–Crippen MR) is 73.4 cm³/mol. The molecule has 0 radical (unpaired) electrons. The minimum absolute atomic E-state index is 0.0128. The number of nitrogens with one attached hydrogen (secondary N) is 1. The zero-order valence-electron chi connectivity index (χ0n) is 11.1. The van der Waals surface area contributed by atoms with E-state index in [-0.39, 0.29) is 18.5 Å². The topological polar surface area (TPSA) is 81.4 Å². The number of nitrogens with two attached hydrogens (primary N) is 1. The van der Waals surface area contributed by atoms with Crippen LogP contribution in [0.3, 0.4) is 0 Å². The lowest BCUT2D eigenvalue weighted by atomic mass is 10.2. The third-order valence-corrected chi connectivity index (χ3v) is 2.54. The van der Waals surface area contributed by atoms with Gasteiger partial charge in [0.05, 0.1) is 0 Å². The molecule has 104 valence electrons. The minimum atomic E-state index is -0.308. The van der Waals surface area contributed by atoms with Crippen molar-refractivity contribution in [1.29, 1.82) is 0 Å². The number of hydrogen-bond donors (Lipinski definition) is 2. The molecule has 5 heteroatoms. The van der Waals surface area contributed by atoms with Crippen LogP contribution in [0.1, 0.15) is 31.7 Å². The summed E-state index contributed by atoms with van der Waals surface area (Å²) in [5.41, 5.74) is 6.99. The van der Waals surface area contributed by atoms with E-state index < -0.39 is 0 Å². The average Bonchev–Trinajstić information content (AvgIpc) is 2.38. The van der Waals surface area contributed by atoms with Crippen LogP contribution in [0.4, 0.5) is 5.69 Å². The normalized spacial score (nSPS) is 10.0. The van der Waals surface area contributed by atoms with Crippen LogP contribution in [0.15, 0.2) is 24.3 Å². The highest BCUT2D eigenvalue weighted by Gasteiger charge is 2.02. The van der Waals surface area contributed by atoms with E-state index in [2.05, 4.69) is 5.32 Å². The Hall–Kier alpha value is -1.88. The summed E-state index contributed by atoms with van der Waals surface area (Å²) in [7, 11) is 0. The standard InChI is InChI=1S/C14H20N2O3/c1-11(17)19-10-12-5-7-13(8-6-12)16-14(18)4-2-3-9-15/h5-8H,2-4,9-10,15H2,1H3,(H,16,18). The molecule has 0 aliphatic heterocycles. The number of esters is 1. The number of hydrogen-bond acceptors (Lipinski definition) is 4. The van der Waals surface area contributed by atoms with Crippen molar-refractivity contribution in [2.45, 2.75) is 32.8 Å². The second-order valence-electron chi connectivity index (χ2n) is 4.27. The molecule has 0 spiro atoms. The molecule has 0 aliphatic carbocycles. The second-order valence-corrected chi connectivity index (χ2v) is 4.27. The van der Waals surface area contributed by atoms with Crippen molar-refractivity contribution < 1.29 is 14.3 Å². The van der Waals surface area contributed by atoms with Gasteiger partial charge in [-0.25, -0.2) is 0 Å². The molecule has 0 saturated carbocycles. The van der Waals surface area contributed by atoms with Crippen molar-refractivity contribution in [2.75, 3.05) is 11.9 Å². The largest absolute Gasteiger partial charge is 0.461 e. The van der Waals surface area contributed by atoms with E-state index in [0.717, 1.165) is 24.1 Å². The molecular weight excluding hydrogens is 244 g/mol. The van der Waals surface area contributed by atoms with Crippen molar-refractivity contribution in [3.63, 3.8) is 0 Å². The fraction of sp³-hybridized carbons (Fsp3) is 0.429. The highest BCUT2D eigenvalue weighted by Crippen LogP contribution is 2.11. The van der Waals surface area contributed by atoms with Gasteiger partial charge in [0.2, 0.25) is 5.91 Å². The molecule has 0 unspecified atom stereocenters. The van der Waals surface area contributed by atoms with Crippen LogP contribution in [0, 0.1) is 0 Å². The van der Waals surface area contributed by atoms with Gasteiger partial charge < -0.3 is 15.8 Å². The molecule has 0 saturated heterocycles. The molecule has 1 aromatic carbocycles. The van der Waals surface area contributed by atoms with Crippen LogP contribution in [-0.2, 0) is 20.9 Å². The maximum atomic E-state index is 11.6. The first-order valence-corrected chi connectivity index (χ1v) is 6.34. The van der Waals surface area contributed by atoms with Crippen molar-refractivity contribution >= 4 is 17.6 Å². The Morgan fingerprint density at radius 2 is 1.89 bits per heavy atom. The lowest BCUT2D eigenvalue weighted by molar-refractivity contribution is -0.142. The number of amides is 1. The Labute approximate surface area is 113 Å². The van der Waals surface area contributed by atoms with E-state index in [1.54, 1.807) is 12.1 Å². The number of unbranched alkanes of at least 4 members (excludes halogenated alkanes) is 1. The molecule has 0 bridgehead atoms. The van der Waals surface area contributed by atoms with Crippen molar-refractivity contribution in [3.8, 4) is 0 Å². The molecule has 0 aliphatic rings. The maximum absolute atomic E-state index is 11.6. The SMILES string of the molecule is CC(=O)OCc1ccc(NC(=O)CCCCN)cc1. The summed E-state index contributed by atoms with van der Waals surface area (Å²) in [6, 6.07) is 7.22. The summed E-state index contributed by atoms with van der Waals surface area (Å²) < 4.78 is 4.88. The molecule has 5 nitrogen and oxygen atoms in total. The van der Waals surface area contributed by atoms with Gasteiger partial charge in [0.25, 0.3) is 0 Å². The van der Waals surface area contributed by atoms with E-state index in [0.29, 0.717) is 13.0 Å². The Morgan fingerprint density at radius 3 is 2.47 bits per heavy atom. The van der Waals surface area contributed by atoms with E-state index in [1.807, 2.05) is 12.1 Å². The van der Waals surface area contributed by atoms with Gasteiger partial charge in [-0.05, 0) is 37.1 Å². The van der Waals surface area contributed by atoms with Gasteiger partial charge in [0.1, 0.15) is 6.61 Å². The highest BCUT2D eigenvalue weighted by molar-refractivity contribution is 5.90. The van der Waals surface area contributed by atoms with Crippen molar-refractivity contribution in [3.05, 3.63) is 29.8 Å². The van der Waals surface area contributed by atoms with Gasteiger partial charge in [-0.1, -0.05) is 12.1 Å². The summed E-state index contributed by atoms with van der Waals surface area (Å²) in [6.07, 6.45) is 2.13. The molecule has 0 heterocycles. The van der Waals surface area contributed by atoms with E-state index in [1.165, 1.54) is 6.92 Å². The summed E-state index contributed by atoms with van der Waals surface area (Å²) >= 11 is 0. The zero-order chi connectivity index (χ0) is 14.1. The van der Waals surface area contributed by atoms with Crippen LogP contribution < -0.4 is 11.1 Å². The van der Waals surface area contributed by atoms with Crippen molar-refractivity contribution in [1.82, 2.24) is 0 Å². The van der Waals surface area contributed by atoms with E-state index >= 15 is 0 Å². The lowest BCUT2D eigenvalue weighted by Gasteiger charge is -2.06. The lowest BCUT2D eigenvalue weighted by Crippen LogP contribution is -2.12. The van der Waals surface area contributed by atoms with Gasteiger partial charge in [0, 0.05) is 19.0 Å². The minimum Gasteiger partial charge on any atom is -0.461 e. The average molecular weight is 264 g/mol. The Morgan fingerprint density at radius 1 is 1.21 bits per heavy atom. The Kier molecular flexibility index (Phi) is 6.60. The summed E-state index contributed by atoms with van der Waals surface area (Å²) in [5.74, 6) is -0.321. The monoisotopic (exact) mass is 264 g/mol. The van der Waals surface area contributed by atoms with Gasteiger partial charge in [-0.15, -0.1) is 0 Å². The summed E-state index contributed by atoms with van der Waals surface area (Å²) in [6.45, 7) is 2.23. The van der Waals surface area contributed by atoms with Crippen molar-refractivity contribution in [2.24, 2.45) is 5.73 Å². The van der Waals surface area contributed by atoms with Crippen LogP contribution in [0.2, 0.25) is 0 Å². The van der Waals surface area contributed by atoms with Crippen LogP contribution in [0.5, 0.6) is 0 Å². The number of anilines is 1. The van der Waals surface area contributed by atoms with Crippen LogP contribution in [0.25, 0.3) is 0 Å². The molecule has 0 atom stereocenters. The Balaban J connectivity index is 2.39. The molecule has 1 rings (SSSR count). The van der Waals surface area contributed by atoms with E-state index in [4.69, 9.17) is 10.5 Å². The first kappa shape index (κ1) is 15.2. The smallest absolute Gasteiger partial charge is 0.302 e. The third-order valence-electron chi connectivity index (χ3n) is 2.54. The van der Waals surface area contributed by atoms with E-state index in [9.17, 15) is 9.59 Å². The van der Waals surface area contributed by atoms with Gasteiger partial charge in [-0.3, -0.25) is 9.59 Å². The number of carbonyl (C=O) groups is 2. The highest BCUT2D eigenvalue weighted by atomic mass is 16.5. The summed E-state index contributed by atoms with van der Waals surface area (Å²) in [5, 5.41) is 2.81. The predicted octanol–water partition coefficient (Wildman–Crippen LogP) is 1.82. The van der Waals surface area contributed by atoms with Gasteiger partial charge >= 0.3 is 5.97 Å². The maximum Gasteiger partial charge on any atom is 0.302 e. The number of rotatable bonds is 7. The van der Waals surface area contributed by atoms with Crippen LogP contribution in [-0.4, -0.2) is 18.4 Å². The Bertz CT molecular complexity index is 415. The molecule has 3 N–H and O–H groups in total. The fourth-order valence-corrected chi connectivity index (χ4v) is 1.52. The summed E-state index contributed by atoms with van der Waals surface area (Å²) in [4.78, 5) is 22.2. The number of ether oxygens (including phenoxy) is 1. The zero-order valence-corrected chi connectivity index (χ0v) is 11.1. The molecule has 19 heavy (non-hydrogen) atoms. The molecular formula is C14H20N2O3. The number of carbonyl (C=O) groups excluding carboxylic acids is 2. The molecule has 1 amide bonds. The van der Waals surface area contributed by atoms with Crippen LogP contribution >= 0.6 is 0 Å². The number of benzene rings is 1. The first-order valence-electron chi connectivity index (χ1n) is 6.34.